The van der Waals surface area contributed by atoms with Gasteiger partial charge in [-0.15, -0.1) is 24.0 Å². The molecule has 1 aromatic heterocycles. The number of nitrogens with zero attached hydrogens (tertiary/aromatic N) is 3. The van der Waals surface area contributed by atoms with Crippen LogP contribution in [0.25, 0.3) is 0 Å². The number of nitrogens with two attached hydrogens (primary N) is 1. The molecule has 9 heteroatoms. The van der Waals surface area contributed by atoms with E-state index in [4.69, 9.17) is 21.8 Å². The molecule has 3 aromatic rings. The second kappa shape index (κ2) is 11.2. The third-order valence-electron chi connectivity index (χ3n) is 5.18. The summed E-state index contributed by atoms with van der Waals surface area (Å²) in [7, 11) is 0. The Morgan fingerprint density at radius 2 is 1.72 bits per heavy atom. The fourth-order valence-electron chi connectivity index (χ4n) is 3.41. The molecular weight excluding hydrogens is 541 g/mol. The predicted octanol–water partition coefficient (Wildman–Crippen LogP) is 4.44. The van der Waals surface area contributed by atoms with Gasteiger partial charge in [-0.05, 0) is 54.1 Å². The number of halogens is 2. The van der Waals surface area contributed by atoms with Crippen LogP contribution >= 0.6 is 35.6 Å². The molecule has 0 aliphatic carbocycles. The molecule has 1 fully saturated rings. The quantitative estimate of drug-likeness (QED) is 0.271. The van der Waals surface area contributed by atoms with Gasteiger partial charge in [0.2, 0.25) is 0 Å². The molecule has 1 saturated heterocycles. The monoisotopic (exact) mass is 565 g/mol. The first kappa shape index (κ1) is 23.9. The lowest BCUT2D eigenvalue weighted by Gasteiger charge is -2.36. The number of guanidine groups is 1. The average molecular weight is 566 g/mol. The first-order valence-electron chi connectivity index (χ1n) is 10.1. The van der Waals surface area contributed by atoms with Gasteiger partial charge < -0.3 is 25.3 Å². The Hall–Kier alpha value is -2.72. The maximum Gasteiger partial charge on any atom is 0.291 e. The van der Waals surface area contributed by atoms with Crippen molar-refractivity contribution < 1.29 is 9.21 Å². The number of benzene rings is 2. The second-order valence-electron chi connectivity index (χ2n) is 7.25. The summed E-state index contributed by atoms with van der Waals surface area (Å²) in [6.45, 7) is 3.87. The number of hydrogen-bond acceptors (Lipinski definition) is 4. The van der Waals surface area contributed by atoms with Crippen LogP contribution in [0.1, 0.15) is 16.1 Å². The fourth-order valence-corrected chi connectivity index (χ4v) is 3.54. The number of aliphatic imine (C=N–C) groups is 1. The number of amides is 1. The number of piperazine rings is 1. The van der Waals surface area contributed by atoms with E-state index in [0.717, 1.165) is 36.8 Å². The highest BCUT2D eigenvalue weighted by Crippen LogP contribution is 2.19. The summed E-state index contributed by atoms with van der Waals surface area (Å²) in [4.78, 5) is 21.0. The van der Waals surface area contributed by atoms with Gasteiger partial charge in [0.1, 0.15) is 0 Å². The Kier molecular flexibility index (Phi) is 8.40. The maximum atomic E-state index is 12.0. The van der Waals surface area contributed by atoms with Crippen molar-refractivity contribution in [2.45, 2.75) is 6.54 Å². The highest BCUT2D eigenvalue weighted by molar-refractivity contribution is 14.0. The molecule has 1 amide bonds. The molecule has 7 nitrogen and oxygen atoms in total. The molecular formula is C23H25ClIN5O2. The number of anilines is 2. The van der Waals surface area contributed by atoms with Crippen molar-refractivity contribution in [1.29, 1.82) is 0 Å². The predicted molar refractivity (Wildman–Crippen MR) is 139 cm³/mol. The van der Waals surface area contributed by atoms with Crippen LogP contribution in [0.4, 0.5) is 11.4 Å². The van der Waals surface area contributed by atoms with Gasteiger partial charge in [0, 0.05) is 42.6 Å². The van der Waals surface area contributed by atoms with Crippen LogP contribution in [0.2, 0.25) is 5.02 Å². The molecule has 0 bridgehead atoms. The first-order chi connectivity index (χ1) is 15.1. The number of carbonyl (C=O) groups is 1. The zero-order chi connectivity index (χ0) is 21.6. The molecule has 168 valence electrons. The number of nitrogens with one attached hydrogen (secondary N) is 1. The summed E-state index contributed by atoms with van der Waals surface area (Å²) in [5.74, 6) is 0.543. The van der Waals surface area contributed by atoms with E-state index in [0.29, 0.717) is 18.2 Å². The van der Waals surface area contributed by atoms with Gasteiger partial charge in [-0.1, -0.05) is 23.7 Å². The third kappa shape index (κ3) is 6.17. The summed E-state index contributed by atoms with van der Waals surface area (Å²) in [5, 5.41) is 3.54. The molecule has 1 aliphatic heterocycles. The Bertz CT molecular complexity index is 1030. The Balaban J connectivity index is 0.00000289. The molecule has 0 spiro atoms. The average Bonchev–Trinajstić information content (AvgIpc) is 3.34. The zero-order valence-electron chi connectivity index (χ0n) is 17.4. The topological polar surface area (TPSA) is 87.1 Å². The van der Waals surface area contributed by atoms with E-state index < -0.39 is 0 Å². The minimum atomic E-state index is -0.280. The molecule has 0 radical (unpaired) electrons. The lowest BCUT2D eigenvalue weighted by Crippen LogP contribution is -2.51. The van der Waals surface area contributed by atoms with E-state index in [2.05, 4.69) is 20.1 Å². The molecule has 1 aliphatic rings. The minimum Gasteiger partial charge on any atom is -0.459 e. The molecule has 4 rings (SSSR count). The van der Waals surface area contributed by atoms with Crippen LogP contribution in [0.5, 0.6) is 0 Å². The van der Waals surface area contributed by atoms with Crippen molar-refractivity contribution in [1.82, 2.24) is 4.90 Å². The summed E-state index contributed by atoms with van der Waals surface area (Å²) in [6.07, 6.45) is 1.47. The number of hydrogen-bond donors (Lipinski definition) is 2. The van der Waals surface area contributed by atoms with E-state index in [1.807, 2.05) is 48.5 Å². The van der Waals surface area contributed by atoms with E-state index in [1.165, 1.54) is 12.0 Å². The second-order valence-corrected chi connectivity index (χ2v) is 7.69. The summed E-state index contributed by atoms with van der Waals surface area (Å²) in [6, 6.07) is 18.7. The van der Waals surface area contributed by atoms with E-state index in [1.54, 1.807) is 12.1 Å². The third-order valence-corrected chi connectivity index (χ3v) is 5.43. The van der Waals surface area contributed by atoms with Gasteiger partial charge in [0.05, 0.1) is 12.8 Å². The molecule has 3 N–H and O–H groups in total. The van der Waals surface area contributed by atoms with Crippen molar-refractivity contribution in [3.63, 3.8) is 0 Å². The van der Waals surface area contributed by atoms with Crippen LogP contribution in [-0.4, -0.2) is 42.9 Å². The summed E-state index contributed by atoms with van der Waals surface area (Å²) < 4.78 is 5.09. The number of rotatable bonds is 5. The fraction of sp³-hybridized carbons (Fsp3) is 0.217. The molecule has 0 saturated carbocycles. The van der Waals surface area contributed by atoms with Crippen LogP contribution in [0.3, 0.4) is 0 Å². The van der Waals surface area contributed by atoms with Gasteiger partial charge in [-0.3, -0.25) is 4.79 Å². The Morgan fingerprint density at radius 1 is 1.03 bits per heavy atom. The molecule has 0 unspecified atom stereocenters. The maximum absolute atomic E-state index is 12.0. The van der Waals surface area contributed by atoms with Gasteiger partial charge >= 0.3 is 0 Å². The van der Waals surface area contributed by atoms with Gasteiger partial charge in [-0.2, -0.15) is 0 Å². The lowest BCUT2D eigenvalue weighted by atomic mass is 10.2. The smallest absolute Gasteiger partial charge is 0.291 e. The normalized spacial score (nSPS) is 14.1. The van der Waals surface area contributed by atoms with Crippen molar-refractivity contribution >= 4 is 58.8 Å². The van der Waals surface area contributed by atoms with Gasteiger partial charge in [0.25, 0.3) is 5.91 Å². The van der Waals surface area contributed by atoms with Gasteiger partial charge in [0.15, 0.2) is 11.7 Å². The zero-order valence-corrected chi connectivity index (χ0v) is 20.5. The van der Waals surface area contributed by atoms with Crippen molar-refractivity contribution in [3.05, 3.63) is 83.3 Å². The van der Waals surface area contributed by atoms with Crippen LogP contribution < -0.4 is 16.0 Å². The Morgan fingerprint density at radius 3 is 2.34 bits per heavy atom. The molecule has 0 atom stereocenters. The molecule has 32 heavy (non-hydrogen) atoms. The largest absolute Gasteiger partial charge is 0.459 e. The Labute approximate surface area is 209 Å². The SMILES string of the molecule is I.NC(=NCc1ccc(NC(=O)c2ccco2)cc1)N1CCN(c2ccc(Cl)cc2)CC1. The minimum absolute atomic E-state index is 0. The van der Waals surface area contributed by atoms with E-state index in [9.17, 15) is 4.79 Å². The van der Waals surface area contributed by atoms with Crippen LogP contribution in [0.15, 0.2) is 76.3 Å². The highest BCUT2D eigenvalue weighted by Gasteiger charge is 2.18. The first-order valence-corrected chi connectivity index (χ1v) is 10.5. The van der Waals surface area contributed by atoms with Crippen molar-refractivity contribution in [2.75, 3.05) is 36.4 Å². The van der Waals surface area contributed by atoms with Gasteiger partial charge in [-0.25, -0.2) is 4.99 Å². The highest BCUT2D eigenvalue weighted by atomic mass is 127. The van der Waals surface area contributed by atoms with Crippen LogP contribution in [0, 0.1) is 0 Å². The van der Waals surface area contributed by atoms with Crippen molar-refractivity contribution in [2.24, 2.45) is 10.7 Å². The molecule has 2 heterocycles. The summed E-state index contributed by atoms with van der Waals surface area (Å²) in [5.41, 5.74) is 9.10. The lowest BCUT2D eigenvalue weighted by molar-refractivity contribution is 0.0996. The van der Waals surface area contributed by atoms with E-state index >= 15 is 0 Å². The van der Waals surface area contributed by atoms with Crippen LogP contribution in [-0.2, 0) is 6.54 Å². The molecule has 2 aromatic carbocycles. The van der Waals surface area contributed by atoms with E-state index in [-0.39, 0.29) is 35.6 Å². The number of carbonyl (C=O) groups excluding carboxylic acids is 1. The summed E-state index contributed by atoms with van der Waals surface area (Å²) >= 11 is 5.97. The standard InChI is InChI=1S/C23H24ClN5O2.HI/c24-18-5-9-20(10-6-18)28-11-13-29(14-12-28)23(25)26-16-17-3-7-19(8-4-17)27-22(30)21-2-1-15-31-21;/h1-10,15H,11-14,16H2,(H2,25,26)(H,27,30);1H. The van der Waals surface area contributed by atoms with Crippen molar-refractivity contribution in [3.8, 4) is 0 Å². The number of furan rings is 1.